The van der Waals surface area contributed by atoms with Gasteiger partial charge in [-0.05, 0) is 44.8 Å². The van der Waals surface area contributed by atoms with Crippen LogP contribution in [-0.4, -0.2) is 11.7 Å². The first-order chi connectivity index (χ1) is 5.34. The first-order valence-electron chi connectivity index (χ1n) is 4.20. The van der Waals surface area contributed by atoms with Crippen molar-refractivity contribution in [1.29, 1.82) is 0 Å². The minimum atomic E-state index is 0.691. The maximum atomic E-state index is 5.24. The van der Waals surface area contributed by atoms with Gasteiger partial charge in [0, 0.05) is 5.57 Å². The average Bonchev–Trinajstić information content (AvgIpc) is 2.07. The van der Waals surface area contributed by atoms with Gasteiger partial charge in [0.2, 0.25) is 0 Å². The minimum Gasteiger partial charge on any atom is -0.483 e. The lowest BCUT2D eigenvalue weighted by atomic mass is 10.0. The van der Waals surface area contributed by atoms with Crippen molar-refractivity contribution < 1.29 is 4.74 Å². The molecule has 0 aromatic carbocycles. The van der Waals surface area contributed by atoms with Crippen molar-refractivity contribution in [2.45, 2.75) is 32.6 Å². The lowest BCUT2D eigenvalue weighted by Crippen LogP contribution is -2.07. The lowest BCUT2D eigenvalue weighted by molar-refractivity contribution is 0.335. The predicted octanol–water partition coefficient (Wildman–Crippen LogP) is 2.85. The Hall–Kier alpha value is -0.370. The highest BCUT2D eigenvalue weighted by Crippen LogP contribution is 2.18. The number of allylic oxidation sites excluding steroid dienone is 1. The van der Waals surface area contributed by atoms with Crippen LogP contribution < -0.4 is 0 Å². The Morgan fingerprint density at radius 1 is 1.64 bits per heavy atom. The maximum absolute atomic E-state index is 5.24. The van der Waals surface area contributed by atoms with Gasteiger partial charge in [0.15, 0.2) is 5.05 Å². The Morgan fingerprint density at radius 3 is 3.00 bits per heavy atom. The molecule has 0 atom stereocenters. The van der Waals surface area contributed by atoms with Crippen LogP contribution in [0.25, 0.3) is 0 Å². The number of hydrogen-bond acceptors (Lipinski definition) is 2. The van der Waals surface area contributed by atoms with Gasteiger partial charge in [0.25, 0.3) is 0 Å². The Labute approximate surface area is 73.4 Å². The van der Waals surface area contributed by atoms with E-state index in [1.165, 1.54) is 24.8 Å². The third-order valence-electron chi connectivity index (χ3n) is 1.83. The van der Waals surface area contributed by atoms with Crippen LogP contribution in [0.15, 0.2) is 11.6 Å². The third kappa shape index (κ3) is 2.62. The van der Waals surface area contributed by atoms with E-state index >= 15 is 0 Å². The van der Waals surface area contributed by atoms with Gasteiger partial charge in [0.05, 0.1) is 6.61 Å². The molecule has 0 bridgehead atoms. The van der Waals surface area contributed by atoms with Crippen molar-refractivity contribution in [3.63, 3.8) is 0 Å². The first-order valence-corrected chi connectivity index (χ1v) is 4.61. The molecule has 0 unspecified atom stereocenters. The number of rotatable bonds is 2. The Morgan fingerprint density at radius 2 is 2.45 bits per heavy atom. The fraction of sp³-hybridized carbons (Fsp3) is 0.667. The molecular weight excluding hydrogens is 156 g/mol. The summed E-state index contributed by atoms with van der Waals surface area (Å²) in [5, 5.41) is 0.715. The summed E-state index contributed by atoms with van der Waals surface area (Å²) in [6.07, 6.45) is 7.06. The molecule has 11 heavy (non-hydrogen) atoms. The minimum absolute atomic E-state index is 0.691. The van der Waals surface area contributed by atoms with Gasteiger partial charge in [0.1, 0.15) is 0 Å². The second kappa shape index (κ2) is 4.50. The largest absolute Gasteiger partial charge is 0.483 e. The zero-order valence-corrected chi connectivity index (χ0v) is 7.75. The van der Waals surface area contributed by atoms with E-state index in [4.69, 9.17) is 17.0 Å². The lowest BCUT2D eigenvalue weighted by Gasteiger charge is -2.13. The summed E-state index contributed by atoms with van der Waals surface area (Å²) in [6, 6.07) is 0. The van der Waals surface area contributed by atoms with E-state index in [1.54, 1.807) is 0 Å². The third-order valence-corrected chi connectivity index (χ3v) is 2.21. The molecule has 2 heteroatoms. The van der Waals surface area contributed by atoms with Crippen LogP contribution in [0.5, 0.6) is 0 Å². The van der Waals surface area contributed by atoms with Crippen molar-refractivity contribution >= 4 is 17.3 Å². The van der Waals surface area contributed by atoms with Crippen LogP contribution in [0.4, 0.5) is 0 Å². The molecular formula is C9H14OS. The SMILES string of the molecule is CCOC(=S)C1=CCCCC1. The highest BCUT2D eigenvalue weighted by Gasteiger charge is 2.08. The molecule has 0 heterocycles. The predicted molar refractivity (Wildman–Crippen MR) is 50.8 cm³/mol. The fourth-order valence-corrected chi connectivity index (χ4v) is 1.55. The van der Waals surface area contributed by atoms with Crippen LogP contribution in [-0.2, 0) is 4.74 Å². The van der Waals surface area contributed by atoms with E-state index in [1.807, 2.05) is 6.92 Å². The molecule has 0 aliphatic heterocycles. The highest BCUT2D eigenvalue weighted by molar-refractivity contribution is 7.80. The molecule has 1 nitrogen and oxygen atoms in total. The van der Waals surface area contributed by atoms with Gasteiger partial charge >= 0.3 is 0 Å². The van der Waals surface area contributed by atoms with Gasteiger partial charge < -0.3 is 4.74 Å². The van der Waals surface area contributed by atoms with Crippen molar-refractivity contribution in [1.82, 2.24) is 0 Å². The van der Waals surface area contributed by atoms with E-state index in [0.29, 0.717) is 11.7 Å². The molecule has 0 spiro atoms. The fourth-order valence-electron chi connectivity index (χ4n) is 1.25. The van der Waals surface area contributed by atoms with Crippen LogP contribution in [0, 0.1) is 0 Å². The monoisotopic (exact) mass is 170 g/mol. The highest BCUT2D eigenvalue weighted by atomic mass is 32.1. The van der Waals surface area contributed by atoms with Crippen molar-refractivity contribution in [3.8, 4) is 0 Å². The van der Waals surface area contributed by atoms with Gasteiger partial charge in [-0.2, -0.15) is 0 Å². The Balaban J connectivity index is 2.44. The summed E-state index contributed by atoms with van der Waals surface area (Å²) >= 11 is 5.08. The molecule has 0 aromatic rings. The van der Waals surface area contributed by atoms with Crippen molar-refractivity contribution in [2.24, 2.45) is 0 Å². The van der Waals surface area contributed by atoms with Gasteiger partial charge in [-0.1, -0.05) is 6.08 Å². The van der Waals surface area contributed by atoms with E-state index in [2.05, 4.69) is 6.08 Å². The van der Waals surface area contributed by atoms with E-state index < -0.39 is 0 Å². The Bertz CT molecular complexity index is 172. The van der Waals surface area contributed by atoms with Gasteiger partial charge in [-0.25, -0.2) is 0 Å². The van der Waals surface area contributed by atoms with Crippen LogP contribution in [0.3, 0.4) is 0 Å². The number of hydrogen-bond donors (Lipinski definition) is 0. The van der Waals surface area contributed by atoms with E-state index in [-0.39, 0.29) is 0 Å². The molecule has 1 aliphatic carbocycles. The van der Waals surface area contributed by atoms with E-state index in [9.17, 15) is 0 Å². The summed E-state index contributed by atoms with van der Waals surface area (Å²) in [6.45, 7) is 2.66. The summed E-state index contributed by atoms with van der Waals surface area (Å²) < 4.78 is 5.24. The van der Waals surface area contributed by atoms with Gasteiger partial charge in [-0.15, -0.1) is 0 Å². The number of thiocarbonyl (C=S) groups is 1. The molecule has 0 amide bonds. The average molecular weight is 170 g/mol. The van der Waals surface area contributed by atoms with Crippen LogP contribution in [0.2, 0.25) is 0 Å². The van der Waals surface area contributed by atoms with Crippen molar-refractivity contribution in [2.75, 3.05) is 6.61 Å². The molecule has 1 aliphatic rings. The zero-order chi connectivity index (χ0) is 8.10. The molecule has 62 valence electrons. The molecule has 0 saturated carbocycles. The Kier molecular flexibility index (Phi) is 3.57. The molecule has 0 fully saturated rings. The smallest absolute Gasteiger partial charge is 0.186 e. The van der Waals surface area contributed by atoms with Crippen molar-refractivity contribution in [3.05, 3.63) is 11.6 Å². The molecule has 0 saturated heterocycles. The van der Waals surface area contributed by atoms with Gasteiger partial charge in [-0.3, -0.25) is 0 Å². The molecule has 0 radical (unpaired) electrons. The van der Waals surface area contributed by atoms with Crippen LogP contribution >= 0.6 is 12.2 Å². The standard InChI is InChI=1S/C9H14OS/c1-2-10-9(11)8-6-4-3-5-7-8/h6H,2-5,7H2,1H3. The first kappa shape index (κ1) is 8.72. The summed E-state index contributed by atoms with van der Waals surface area (Å²) in [4.78, 5) is 0. The molecule has 1 rings (SSSR count). The molecule has 0 N–H and O–H groups in total. The summed E-state index contributed by atoms with van der Waals surface area (Å²) in [7, 11) is 0. The molecule has 0 aromatic heterocycles. The summed E-state index contributed by atoms with van der Waals surface area (Å²) in [5.74, 6) is 0. The quantitative estimate of drug-likeness (QED) is 0.589. The topological polar surface area (TPSA) is 9.23 Å². The second-order valence-corrected chi connectivity index (χ2v) is 3.07. The number of ether oxygens (including phenoxy) is 1. The normalized spacial score (nSPS) is 17.4. The van der Waals surface area contributed by atoms with Crippen LogP contribution in [0.1, 0.15) is 32.6 Å². The zero-order valence-electron chi connectivity index (χ0n) is 6.93. The summed E-state index contributed by atoms with van der Waals surface area (Å²) in [5.41, 5.74) is 1.24. The van der Waals surface area contributed by atoms with E-state index in [0.717, 1.165) is 6.42 Å². The second-order valence-electron chi connectivity index (χ2n) is 2.70. The maximum Gasteiger partial charge on any atom is 0.186 e.